The number of nitrogens with zero attached hydrogens (tertiary/aromatic N) is 1. The predicted molar refractivity (Wildman–Crippen MR) is 82.8 cm³/mol. The summed E-state index contributed by atoms with van der Waals surface area (Å²) in [4.78, 5) is 14.1. The van der Waals surface area contributed by atoms with E-state index in [2.05, 4.69) is 13.8 Å². The zero-order chi connectivity index (χ0) is 15.1. The SMILES string of the molecule is CCN(C(=O)C[C@@H](CN)CC(C)C)c1cccc(O)c1. The van der Waals surface area contributed by atoms with Crippen molar-refractivity contribution >= 4 is 11.6 Å². The summed E-state index contributed by atoms with van der Waals surface area (Å²) in [5.74, 6) is 0.988. The molecule has 4 heteroatoms. The number of hydrogen-bond donors (Lipinski definition) is 2. The summed E-state index contributed by atoms with van der Waals surface area (Å²) in [5, 5.41) is 9.53. The lowest BCUT2D eigenvalue weighted by molar-refractivity contribution is -0.119. The van der Waals surface area contributed by atoms with E-state index in [0.29, 0.717) is 25.4 Å². The second kappa shape index (κ2) is 7.90. The quantitative estimate of drug-likeness (QED) is 0.806. The summed E-state index contributed by atoms with van der Waals surface area (Å²) < 4.78 is 0. The fourth-order valence-electron chi connectivity index (χ4n) is 2.45. The van der Waals surface area contributed by atoms with Gasteiger partial charge < -0.3 is 15.7 Å². The first-order valence-corrected chi connectivity index (χ1v) is 7.27. The number of aromatic hydroxyl groups is 1. The molecule has 1 aromatic rings. The fourth-order valence-corrected chi connectivity index (χ4v) is 2.45. The number of nitrogens with two attached hydrogens (primary N) is 1. The molecule has 0 unspecified atom stereocenters. The highest BCUT2D eigenvalue weighted by molar-refractivity contribution is 5.93. The van der Waals surface area contributed by atoms with Gasteiger partial charge in [-0.1, -0.05) is 19.9 Å². The van der Waals surface area contributed by atoms with Crippen LogP contribution in [0.25, 0.3) is 0 Å². The van der Waals surface area contributed by atoms with Gasteiger partial charge in [0, 0.05) is 24.7 Å². The van der Waals surface area contributed by atoms with E-state index in [1.807, 2.05) is 13.0 Å². The minimum Gasteiger partial charge on any atom is -0.508 e. The second-order valence-electron chi connectivity index (χ2n) is 5.59. The molecule has 20 heavy (non-hydrogen) atoms. The maximum atomic E-state index is 12.4. The van der Waals surface area contributed by atoms with Crippen LogP contribution in [0.1, 0.15) is 33.6 Å². The molecule has 0 aromatic heterocycles. The highest BCUT2D eigenvalue weighted by Crippen LogP contribution is 2.22. The topological polar surface area (TPSA) is 66.6 Å². The molecule has 112 valence electrons. The van der Waals surface area contributed by atoms with E-state index in [-0.39, 0.29) is 17.6 Å². The van der Waals surface area contributed by atoms with E-state index >= 15 is 0 Å². The standard InChI is InChI=1S/C16H26N2O2/c1-4-18(14-6-5-7-15(19)10-14)16(20)9-13(11-17)8-12(2)3/h5-7,10,12-13,19H,4,8-9,11,17H2,1-3H3/t13-/m0/s1. The predicted octanol–water partition coefficient (Wildman–Crippen LogP) is 2.76. The summed E-state index contributed by atoms with van der Waals surface area (Å²) in [7, 11) is 0. The Hall–Kier alpha value is -1.55. The van der Waals surface area contributed by atoms with E-state index in [0.717, 1.165) is 12.1 Å². The third-order valence-electron chi connectivity index (χ3n) is 3.36. The van der Waals surface area contributed by atoms with Crippen LogP contribution in [0.2, 0.25) is 0 Å². The first-order valence-electron chi connectivity index (χ1n) is 7.27. The van der Waals surface area contributed by atoms with Gasteiger partial charge in [-0.15, -0.1) is 0 Å². The van der Waals surface area contributed by atoms with Gasteiger partial charge in [0.05, 0.1) is 0 Å². The zero-order valence-corrected chi connectivity index (χ0v) is 12.7. The number of phenols is 1. The summed E-state index contributed by atoms with van der Waals surface area (Å²) in [6, 6.07) is 6.79. The van der Waals surface area contributed by atoms with E-state index in [1.165, 1.54) is 0 Å². The van der Waals surface area contributed by atoms with Crippen molar-refractivity contribution in [2.24, 2.45) is 17.6 Å². The molecule has 0 saturated heterocycles. The Morgan fingerprint density at radius 2 is 2.10 bits per heavy atom. The van der Waals surface area contributed by atoms with Gasteiger partial charge in [-0.25, -0.2) is 0 Å². The molecule has 1 aromatic carbocycles. The van der Waals surface area contributed by atoms with Crippen LogP contribution in [0.3, 0.4) is 0 Å². The molecule has 4 nitrogen and oxygen atoms in total. The molecular weight excluding hydrogens is 252 g/mol. The minimum absolute atomic E-state index is 0.0641. The summed E-state index contributed by atoms with van der Waals surface area (Å²) in [6.07, 6.45) is 1.41. The number of benzene rings is 1. The Kier molecular flexibility index (Phi) is 6.52. The molecule has 0 spiro atoms. The van der Waals surface area contributed by atoms with Crippen LogP contribution in [-0.2, 0) is 4.79 Å². The Balaban J connectivity index is 2.76. The van der Waals surface area contributed by atoms with Crippen LogP contribution >= 0.6 is 0 Å². The maximum absolute atomic E-state index is 12.4. The molecule has 1 atom stereocenters. The van der Waals surface area contributed by atoms with E-state index in [1.54, 1.807) is 23.1 Å². The lowest BCUT2D eigenvalue weighted by Gasteiger charge is -2.24. The number of carbonyl (C=O) groups excluding carboxylic acids is 1. The van der Waals surface area contributed by atoms with Crippen molar-refractivity contribution in [3.63, 3.8) is 0 Å². The Morgan fingerprint density at radius 1 is 1.40 bits per heavy atom. The number of anilines is 1. The molecule has 0 aliphatic rings. The fraction of sp³-hybridized carbons (Fsp3) is 0.562. The van der Waals surface area contributed by atoms with Gasteiger partial charge in [-0.2, -0.15) is 0 Å². The molecule has 3 N–H and O–H groups in total. The van der Waals surface area contributed by atoms with Gasteiger partial charge in [-0.3, -0.25) is 4.79 Å². The average Bonchev–Trinajstić information content (AvgIpc) is 2.38. The number of hydrogen-bond acceptors (Lipinski definition) is 3. The third kappa shape index (κ3) is 4.85. The highest BCUT2D eigenvalue weighted by atomic mass is 16.3. The third-order valence-corrected chi connectivity index (χ3v) is 3.36. The lowest BCUT2D eigenvalue weighted by atomic mass is 9.93. The van der Waals surface area contributed by atoms with Crippen LogP contribution in [0.15, 0.2) is 24.3 Å². The van der Waals surface area contributed by atoms with Crippen LogP contribution in [-0.4, -0.2) is 24.1 Å². The van der Waals surface area contributed by atoms with Crippen LogP contribution in [0, 0.1) is 11.8 Å². The Morgan fingerprint density at radius 3 is 2.60 bits per heavy atom. The van der Waals surface area contributed by atoms with E-state index in [9.17, 15) is 9.90 Å². The van der Waals surface area contributed by atoms with Crippen molar-refractivity contribution in [3.8, 4) is 5.75 Å². The number of amides is 1. The largest absolute Gasteiger partial charge is 0.508 e. The van der Waals surface area contributed by atoms with E-state index in [4.69, 9.17) is 5.73 Å². The van der Waals surface area contributed by atoms with Crippen molar-refractivity contribution < 1.29 is 9.90 Å². The average molecular weight is 278 g/mol. The second-order valence-corrected chi connectivity index (χ2v) is 5.59. The molecule has 0 aliphatic heterocycles. The molecule has 0 fully saturated rings. The van der Waals surface area contributed by atoms with Crippen molar-refractivity contribution in [1.29, 1.82) is 0 Å². The summed E-state index contributed by atoms with van der Waals surface area (Å²) in [5.41, 5.74) is 6.50. The van der Waals surface area contributed by atoms with Crippen molar-refractivity contribution in [2.75, 3.05) is 18.0 Å². The van der Waals surface area contributed by atoms with Crippen LogP contribution < -0.4 is 10.6 Å². The smallest absolute Gasteiger partial charge is 0.227 e. The van der Waals surface area contributed by atoms with Gasteiger partial charge >= 0.3 is 0 Å². The molecule has 0 heterocycles. The first-order chi connectivity index (χ1) is 9.47. The molecule has 0 radical (unpaired) electrons. The molecule has 1 amide bonds. The molecule has 0 bridgehead atoms. The van der Waals surface area contributed by atoms with Crippen molar-refractivity contribution in [1.82, 2.24) is 0 Å². The van der Waals surface area contributed by atoms with Crippen molar-refractivity contribution in [2.45, 2.75) is 33.6 Å². The number of carbonyl (C=O) groups is 1. The lowest BCUT2D eigenvalue weighted by Crippen LogP contribution is -2.33. The molecule has 0 aliphatic carbocycles. The summed E-state index contributed by atoms with van der Waals surface area (Å²) in [6.45, 7) is 7.32. The Labute approximate surface area is 121 Å². The zero-order valence-electron chi connectivity index (χ0n) is 12.7. The normalized spacial score (nSPS) is 12.4. The monoisotopic (exact) mass is 278 g/mol. The number of phenolic OH excluding ortho intramolecular Hbond substituents is 1. The van der Waals surface area contributed by atoms with Crippen molar-refractivity contribution in [3.05, 3.63) is 24.3 Å². The van der Waals surface area contributed by atoms with Gasteiger partial charge in [0.1, 0.15) is 5.75 Å². The summed E-state index contributed by atoms with van der Waals surface area (Å²) >= 11 is 0. The highest BCUT2D eigenvalue weighted by Gasteiger charge is 2.19. The minimum atomic E-state index is 0.0641. The maximum Gasteiger partial charge on any atom is 0.227 e. The number of rotatable bonds is 7. The van der Waals surface area contributed by atoms with Gasteiger partial charge in [0.25, 0.3) is 0 Å². The van der Waals surface area contributed by atoms with Crippen LogP contribution in [0.5, 0.6) is 5.75 Å². The van der Waals surface area contributed by atoms with Crippen LogP contribution in [0.4, 0.5) is 5.69 Å². The molecular formula is C16H26N2O2. The van der Waals surface area contributed by atoms with Gasteiger partial charge in [0.15, 0.2) is 0 Å². The van der Waals surface area contributed by atoms with Gasteiger partial charge in [0.2, 0.25) is 5.91 Å². The van der Waals surface area contributed by atoms with E-state index < -0.39 is 0 Å². The molecule has 1 rings (SSSR count). The first kappa shape index (κ1) is 16.5. The van der Waals surface area contributed by atoms with Gasteiger partial charge in [-0.05, 0) is 43.9 Å². The molecule has 0 saturated carbocycles. The Bertz CT molecular complexity index is 432.